The first-order chi connectivity index (χ1) is 10.5. The van der Waals surface area contributed by atoms with Crippen LogP contribution in [-0.2, 0) is 14.9 Å². The average molecular weight is 367 g/mol. The van der Waals surface area contributed by atoms with Crippen molar-refractivity contribution >= 4 is 39.9 Å². The second-order valence-electron chi connectivity index (χ2n) is 5.06. The van der Waals surface area contributed by atoms with Crippen molar-refractivity contribution in [2.24, 2.45) is 0 Å². The molecule has 3 amide bonds. The van der Waals surface area contributed by atoms with Crippen molar-refractivity contribution in [3.63, 3.8) is 0 Å². The third-order valence-corrected chi connectivity index (χ3v) is 4.27. The van der Waals surface area contributed by atoms with Crippen LogP contribution in [0.1, 0.15) is 39.1 Å². The lowest BCUT2D eigenvalue weighted by atomic mass is 10.0. The zero-order valence-corrected chi connectivity index (χ0v) is 13.6. The van der Waals surface area contributed by atoms with Gasteiger partial charge < -0.3 is 4.90 Å². The van der Waals surface area contributed by atoms with E-state index in [2.05, 4.69) is 21.2 Å². The highest BCUT2D eigenvalue weighted by molar-refractivity contribution is 9.08. The Balaban J connectivity index is 2.29. The highest BCUT2D eigenvalue weighted by Gasteiger charge is 2.33. The summed E-state index contributed by atoms with van der Waals surface area (Å²) < 4.78 is 0. The lowest BCUT2D eigenvalue weighted by molar-refractivity contribution is -0.136. The maximum Gasteiger partial charge on any atom is 0.255 e. The van der Waals surface area contributed by atoms with E-state index in [0.717, 1.165) is 5.56 Å². The molecule has 1 aromatic rings. The maximum atomic E-state index is 12.6. The van der Waals surface area contributed by atoms with Gasteiger partial charge in [-0.05, 0) is 18.1 Å². The van der Waals surface area contributed by atoms with Gasteiger partial charge in [0.25, 0.3) is 5.91 Å². The molecule has 1 unspecified atom stereocenters. The van der Waals surface area contributed by atoms with Gasteiger partial charge >= 0.3 is 0 Å². The van der Waals surface area contributed by atoms with E-state index in [9.17, 15) is 19.2 Å². The third kappa shape index (κ3) is 3.24. The molecule has 7 heteroatoms. The van der Waals surface area contributed by atoms with E-state index in [4.69, 9.17) is 0 Å². The number of alkyl halides is 1. The summed E-state index contributed by atoms with van der Waals surface area (Å²) in [4.78, 5) is 48.1. The fraction of sp³-hybridized carbons (Fsp3) is 0.333. The summed E-state index contributed by atoms with van der Waals surface area (Å²) in [6, 6.07) is 4.25. The zero-order valence-electron chi connectivity index (χ0n) is 12.0. The second kappa shape index (κ2) is 6.83. The molecule has 1 aliphatic rings. The molecule has 0 saturated carbocycles. The molecule has 0 aliphatic carbocycles. The quantitative estimate of drug-likeness (QED) is 0.494. The van der Waals surface area contributed by atoms with Crippen molar-refractivity contribution < 1.29 is 19.2 Å². The molecule has 1 atom stereocenters. The summed E-state index contributed by atoms with van der Waals surface area (Å²) in [5.74, 6) is -1.24. The average Bonchev–Trinajstić information content (AvgIpc) is 2.53. The molecule has 1 aliphatic heterocycles. The highest BCUT2D eigenvalue weighted by Crippen LogP contribution is 2.18. The molecule has 1 aromatic carbocycles. The fourth-order valence-electron chi connectivity index (χ4n) is 2.36. The van der Waals surface area contributed by atoms with E-state index in [0.29, 0.717) is 11.6 Å². The Labute approximate surface area is 136 Å². The van der Waals surface area contributed by atoms with Crippen molar-refractivity contribution in [3.05, 3.63) is 34.9 Å². The third-order valence-electron chi connectivity index (χ3n) is 3.63. The summed E-state index contributed by atoms with van der Waals surface area (Å²) in [5.41, 5.74) is 1.37. The number of hydrogen-bond acceptors (Lipinski definition) is 4. The number of benzene rings is 1. The highest BCUT2D eigenvalue weighted by atomic mass is 79.9. The molecule has 6 nitrogen and oxygen atoms in total. The van der Waals surface area contributed by atoms with Crippen LogP contribution in [0.25, 0.3) is 0 Å². The predicted octanol–water partition coefficient (Wildman–Crippen LogP) is 1.27. The van der Waals surface area contributed by atoms with E-state index in [1.54, 1.807) is 18.2 Å². The number of carbonyl (C=O) groups is 4. The Morgan fingerprint density at radius 1 is 1.45 bits per heavy atom. The summed E-state index contributed by atoms with van der Waals surface area (Å²) in [6.07, 6.45) is 1.08. The van der Waals surface area contributed by atoms with Crippen molar-refractivity contribution in [3.8, 4) is 0 Å². The van der Waals surface area contributed by atoms with Crippen LogP contribution in [0.3, 0.4) is 0 Å². The Morgan fingerprint density at radius 3 is 2.77 bits per heavy atom. The minimum atomic E-state index is -0.711. The van der Waals surface area contributed by atoms with Crippen LogP contribution in [0.4, 0.5) is 0 Å². The molecule has 1 saturated heterocycles. The van der Waals surface area contributed by atoms with E-state index >= 15 is 0 Å². The standard InChI is InChI=1S/C15H15BrN2O4/c1-18(12-4-5-13(20)17-14(12)21)15(22)11-6-9(7-16)2-3-10(11)8-19/h2-3,6,8,12H,4-5,7H2,1H3,(H,17,20,21). The largest absolute Gasteiger partial charge is 0.330 e. The smallest absolute Gasteiger partial charge is 0.255 e. The molecular formula is C15H15BrN2O4. The van der Waals surface area contributed by atoms with E-state index in [-0.39, 0.29) is 29.9 Å². The van der Waals surface area contributed by atoms with Crippen LogP contribution in [0.5, 0.6) is 0 Å². The molecule has 0 spiro atoms. The summed E-state index contributed by atoms with van der Waals surface area (Å²) >= 11 is 3.30. The first-order valence-corrected chi connectivity index (χ1v) is 7.85. The fourth-order valence-corrected chi connectivity index (χ4v) is 2.71. The monoisotopic (exact) mass is 366 g/mol. The van der Waals surface area contributed by atoms with Crippen molar-refractivity contribution in [1.29, 1.82) is 0 Å². The summed E-state index contributed by atoms with van der Waals surface area (Å²) in [7, 11) is 1.50. The van der Waals surface area contributed by atoms with Crippen molar-refractivity contribution in [1.82, 2.24) is 10.2 Å². The van der Waals surface area contributed by atoms with Gasteiger partial charge in [-0.3, -0.25) is 24.5 Å². The molecule has 22 heavy (non-hydrogen) atoms. The van der Waals surface area contributed by atoms with Gasteiger partial charge in [0.2, 0.25) is 11.8 Å². The van der Waals surface area contributed by atoms with Crippen LogP contribution >= 0.6 is 15.9 Å². The number of nitrogens with one attached hydrogen (secondary N) is 1. The van der Waals surface area contributed by atoms with Gasteiger partial charge in [-0.25, -0.2) is 0 Å². The number of hydrogen-bond donors (Lipinski definition) is 1. The maximum absolute atomic E-state index is 12.6. The number of likely N-dealkylation sites (N-methyl/N-ethyl adjacent to an activating group) is 1. The lowest BCUT2D eigenvalue weighted by Crippen LogP contribution is -2.53. The first-order valence-electron chi connectivity index (χ1n) is 6.73. The van der Waals surface area contributed by atoms with E-state index < -0.39 is 17.9 Å². The number of nitrogens with zero attached hydrogens (tertiary/aromatic N) is 1. The number of rotatable bonds is 4. The van der Waals surface area contributed by atoms with Gasteiger partial charge in [-0.15, -0.1) is 0 Å². The second-order valence-corrected chi connectivity index (χ2v) is 5.62. The number of halogens is 1. The van der Waals surface area contributed by atoms with Gasteiger partial charge in [-0.1, -0.05) is 28.1 Å². The normalized spacial score (nSPS) is 17.8. The van der Waals surface area contributed by atoms with Crippen LogP contribution in [0.15, 0.2) is 18.2 Å². The molecule has 116 valence electrons. The van der Waals surface area contributed by atoms with Crippen LogP contribution in [-0.4, -0.2) is 42.0 Å². The molecule has 1 fully saturated rings. The van der Waals surface area contributed by atoms with Gasteiger partial charge in [0.1, 0.15) is 6.04 Å². The zero-order chi connectivity index (χ0) is 16.3. The number of amides is 3. The number of imide groups is 1. The molecule has 1 heterocycles. The van der Waals surface area contributed by atoms with E-state index in [1.807, 2.05) is 0 Å². The van der Waals surface area contributed by atoms with Gasteiger partial charge in [0.05, 0.1) is 5.56 Å². The molecule has 0 bridgehead atoms. The SMILES string of the molecule is CN(C(=O)c1cc(CBr)ccc1C=O)C1CCC(=O)NC1=O. The van der Waals surface area contributed by atoms with Gasteiger partial charge in [-0.2, -0.15) is 0 Å². The lowest BCUT2D eigenvalue weighted by Gasteiger charge is -2.30. The summed E-state index contributed by atoms with van der Waals surface area (Å²) in [6.45, 7) is 0. The van der Waals surface area contributed by atoms with Crippen LogP contribution < -0.4 is 5.32 Å². The number of aldehydes is 1. The predicted molar refractivity (Wildman–Crippen MR) is 82.7 cm³/mol. The van der Waals surface area contributed by atoms with Gasteiger partial charge in [0, 0.05) is 24.4 Å². The first kappa shape index (κ1) is 16.4. The number of piperidine rings is 1. The number of carbonyl (C=O) groups excluding carboxylic acids is 4. The minimum absolute atomic E-state index is 0.190. The molecule has 0 radical (unpaired) electrons. The Kier molecular flexibility index (Phi) is 5.07. The Bertz CT molecular complexity index is 644. The topological polar surface area (TPSA) is 83.6 Å². The van der Waals surface area contributed by atoms with Crippen LogP contribution in [0, 0.1) is 0 Å². The minimum Gasteiger partial charge on any atom is -0.330 e. The molecular weight excluding hydrogens is 352 g/mol. The van der Waals surface area contributed by atoms with Crippen molar-refractivity contribution in [2.75, 3.05) is 7.05 Å². The molecule has 1 N–H and O–H groups in total. The Hall–Kier alpha value is -2.02. The molecule has 0 aromatic heterocycles. The van der Waals surface area contributed by atoms with Crippen LogP contribution in [0.2, 0.25) is 0 Å². The Morgan fingerprint density at radius 2 is 2.18 bits per heavy atom. The van der Waals surface area contributed by atoms with Crippen molar-refractivity contribution in [2.45, 2.75) is 24.2 Å². The van der Waals surface area contributed by atoms with E-state index in [1.165, 1.54) is 11.9 Å². The molecule has 2 rings (SSSR count). The van der Waals surface area contributed by atoms with Gasteiger partial charge in [0.15, 0.2) is 6.29 Å². The summed E-state index contributed by atoms with van der Waals surface area (Å²) in [5, 5.41) is 2.77.